The van der Waals surface area contributed by atoms with Crippen molar-refractivity contribution in [2.45, 2.75) is 11.4 Å². The van der Waals surface area contributed by atoms with Crippen LogP contribution in [0.3, 0.4) is 0 Å². The molecule has 0 saturated carbocycles. The first kappa shape index (κ1) is 15.1. The van der Waals surface area contributed by atoms with Crippen LogP contribution in [0.2, 0.25) is 0 Å². The third-order valence-electron chi connectivity index (χ3n) is 3.05. The van der Waals surface area contributed by atoms with Crippen molar-refractivity contribution in [2.24, 2.45) is 0 Å². The lowest BCUT2D eigenvalue weighted by Crippen LogP contribution is -2.25. The van der Waals surface area contributed by atoms with Crippen molar-refractivity contribution in [3.05, 3.63) is 72.9 Å². The van der Waals surface area contributed by atoms with Gasteiger partial charge in [0, 0.05) is 6.20 Å². The summed E-state index contributed by atoms with van der Waals surface area (Å²) in [5, 5.41) is 0. The molecule has 0 radical (unpaired) electrons. The predicted molar refractivity (Wildman–Crippen MR) is 82.4 cm³/mol. The van der Waals surface area contributed by atoms with Crippen LogP contribution in [-0.2, 0) is 16.6 Å². The van der Waals surface area contributed by atoms with Gasteiger partial charge in [0.15, 0.2) is 0 Å². The van der Waals surface area contributed by atoms with E-state index in [1.807, 2.05) is 30.3 Å². The van der Waals surface area contributed by atoms with E-state index in [1.54, 1.807) is 12.1 Å². The number of hydrogen-bond donors (Lipinski definition) is 0. The van der Waals surface area contributed by atoms with Crippen molar-refractivity contribution >= 4 is 10.0 Å². The van der Waals surface area contributed by atoms with Crippen LogP contribution in [0.25, 0.3) is 0 Å². The van der Waals surface area contributed by atoms with E-state index in [2.05, 4.69) is 6.58 Å². The Morgan fingerprint density at radius 1 is 1.10 bits per heavy atom. The van der Waals surface area contributed by atoms with E-state index in [0.717, 1.165) is 5.56 Å². The SMILES string of the molecule is C=CN(Cc1ccccc1)S(=O)(=O)c1ccc(OC)cc1. The molecule has 2 aromatic carbocycles. The Bertz CT molecular complexity index is 694. The minimum absolute atomic E-state index is 0.208. The first-order chi connectivity index (χ1) is 10.1. The standard InChI is InChI=1S/C16H17NO3S/c1-3-17(13-14-7-5-4-6-8-14)21(18,19)16-11-9-15(20-2)10-12-16/h3-12H,1,13H2,2H3. The van der Waals surface area contributed by atoms with Gasteiger partial charge < -0.3 is 4.74 Å². The first-order valence-electron chi connectivity index (χ1n) is 6.40. The Balaban J connectivity index is 2.28. The first-order valence-corrected chi connectivity index (χ1v) is 7.84. The topological polar surface area (TPSA) is 46.6 Å². The van der Waals surface area contributed by atoms with Gasteiger partial charge in [-0.05, 0) is 29.8 Å². The van der Waals surface area contributed by atoms with Crippen LogP contribution in [0.5, 0.6) is 5.75 Å². The number of rotatable bonds is 6. The average molecular weight is 303 g/mol. The molecule has 0 saturated heterocycles. The molecule has 0 aliphatic carbocycles. The maximum Gasteiger partial charge on any atom is 0.264 e. The van der Waals surface area contributed by atoms with Crippen LogP contribution in [0.1, 0.15) is 5.56 Å². The van der Waals surface area contributed by atoms with E-state index in [1.165, 1.54) is 29.7 Å². The molecule has 0 aliphatic heterocycles. The van der Waals surface area contributed by atoms with Gasteiger partial charge in [0.2, 0.25) is 0 Å². The van der Waals surface area contributed by atoms with Crippen LogP contribution in [0.4, 0.5) is 0 Å². The van der Waals surface area contributed by atoms with Crippen LogP contribution in [0.15, 0.2) is 72.3 Å². The summed E-state index contributed by atoms with van der Waals surface area (Å²) in [4.78, 5) is 0.208. The minimum Gasteiger partial charge on any atom is -0.497 e. The molecule has 0 fully saturated rings. The number of sulfonamides is 1. The number of hydrogen-bond acceptors (Lipinski definition) is 3. The highest BCUT2D eigenvalue weighted by Gasteiger charge is 2.21. The molecule has 0 aromatic heterocycles. The molecule has 0 bridgehead atoms. The van der Waals surface area contributed by atoms with E-state index < -0.39 is 10.0 Å². The van der Waals surface area contributed by atoms with Crippen molar-refractivity contribution < 1.29 is 13.2 Å². The Morgan fingerprint density at radius 3 is 2.24 bits per heavy atom. The van der Waals surface area contributed by atoms with Gasteiger partial charge in [0.25, 0.3) is 10.0 Å². The molecular formula is C16H17NO3S. The molecule has 0 N–H and O–H groups in total. The summed E-state index contributed by atoms with van der Waals surface area (Å²) in [6, 6.07) is 15.7. The lowest BCUT2D eigenvalue weighted by molar-refractivity contribution is 0.414. The smallest absolute Gasteiger partial charge is 0.264 e. The van der Waals surface area contributed by atoms with E-state index in [0.29, 0.717) is 5.75 Å². The van der Waals surface area contributed by atoms with Gasteiger partial charge in [-0.1, -0.05) is 36.9 Å². The Hall–Kier alpha value is -2.27. The Morgan fingerprint density at radius 2 is 1.71 bits per heavy atom. The lowest BCUT2D eigenvalue weighted by atomic mass is 10.2. The molecule has 2 rings (SSSR count). The monoisotopic (exact) mass is 303 g/mol. The predicted octanol–water partition coefficient (Wildman–Crippen LogP) is 3.03. The molecule has 0 atom stereocenters. The summed E-state index contributed by atoms with van der Waals surface area (Å²) >= 11 is 0. The third-order valence-corrected chi connectivity index (χ3v) is 4.81. The highest BCUT2D eigenvalue weighted by Crippen LogP contribution is 2.21. The summed E-state index contributed by atoms with van der Waals surface area (Å²) in [6.45, 7) is 3.85. The van der Waals surface area contributed by atoms with E-state index in [4.69, 9.17) is 4.74 Å². The number of methoxy groups -OCH3 is 1. The second-order valence-electron chi connectivity index (χ2n) is 4.39. The zero-order valence-electron chi connectivity index (χ0n) is 11.8. The maximum atomic E-state index is 12.6. The zero-order valence-corrected chi connectivity index (χ0v) is 12.6. The second-order valence-corrected chi connectivity index (χ2v) is 6.28. The van der Waals surface area contributed by atoms with Gasteiger partial charge in [-0.25, -0.2) is 8.42 Å². The van der Waals surface area contributed by atoms with Crippen LogP contribution >= 0.6 is 0 Å². The quantitative estimate of drug-likeness (QED) is 0.824. The van der Waals surface area contributed by atoms with Crippen LogP contribution in [-0.4, -0.2) is 19.8 Å². The number of nitrogens with zero attached hydrogens (tertiary/aromatic N) is 1. The maximum absolute atomic E-state index is 12.6. The van der Waals surface area contributed by atoms with Crippen molar-refractivity contribution in [1.82, 2.24) is 4.31 Å². The highest BCUT2D eigenvalue weighted by molar-refractivity contribution is 7.89. The largest absolute Gasteiger partial charge is 0.497 e. The molecule has 0 unspecified atom stereocenters. The van der Waals surface area contributed by atoms with Gasteiger partial charge in [-0.3, -0.25) is 4.31 Å². The van der Waals surface area contributed by atoms with Crippen LogP contribution < -0.4 is 4.74 Å². The normalized spacial score (nSPS) is 10.9. The van der Waals surface area contributed by atoms with E-state index in [-0.39, 0.29) is 11.4 Å². The molecule has 2 aromatic rings. The fraction of sp³-hybridized carbons (Fsp3) is 0.125. The summed E-state index contributed by atoms with van der Waals surface area (Å²) in [6.07, 6.45) is 1.33. The zero-order chi connectivity index (χ0) is 15.3. The third kappa shape index (κ3) is 3.44. The molecule has 21 heavy (non-hydrogen) atoms. The Kier molecular flexibility index (Phi) is 4.65. The fourth-order valence-corrected chi connectivity index (χ4v) is 3.16. The highest BCUT2D eigenvalue weighted by atomic mass is 32.2. The van der Waals surface area contributed by atoms with E-state index in [9.17, 15) is 8.42 Å². The lowest BCUT2D eigenvalue weighted by Gasteiger charge is -2.20. The molecule has 0 amide bonds. The van der Waals surface area contributed by atoms with Gasteiger partial charge in [-0.15, -0.1) is 0 Å². The molecule has 0 heterocycles. The van der Waals surface area contributed by atoms with Gasteiger partial charge in [-0.2, -0.15) is 0 Å². The van der Waals surface area contributed by atoms with Crippen molar-refractivity contribution in [2.75, 3.05) is 7.11 Å². The van der Waals surface area contributed by atoms with Crippen LogP contribution in [0, 0.1) is 0 Å². The van der Waals surface area contributed by atoms with Gasteiger partial charge in [0.1, 0.15) is 5.75 Å². The molecule has 5 heteroatoms. The van der Waals surface area contributed by atoms with Crippen molar-refractivity contribution in [1.29, 1.82) is 0 Å². The van der Waals surface area contributed by atoms with E-state index >= 15 is 0 Å². The summed E-state index contributed by atoms with van der Waals surface area (Å²) in [5.41, 5.74) is 0.898. The van der Waals surface area contributed by atoms with Gasteiger partial charge in [0.05, 0.1) is 18.6 Å². The van der Waals surface area contributed by atoms with Crippen molar-refractivity contribution in [3.8, 4) is 5.75 Å². The molecule has 4 nitrogen and oxygen atoms in total. The second kappa shape index (κ2) is 6.45. The van der Waals surface area contributed by atoms with Crippen molar-refractivity contribution in [3.63, 3.8) is 0 Å². The Labute approximate surface area is 125 Å². The summed E-state index contributed by atoms with van der Waals surface area (Å²) in [5.74, 6) is 0.613. The fourth-order valence-electron chi connectivity index (χ4n) is 1.89. The summed E-state index contributed by atoms with van der Waals surface area (Å²) < 4.78 is 31.4. The minimum atomic E-state index is -3.61. The number of benzene rings is 2. The summed E-state index contributed by atoms with van der Waals surface area (Å²) in [7, 11) is -2.08. The molecule has 0 aliphatic rings. The van der Waals surface area contributed by atoms with Gasteiger partial charge >= 0.3 is 0 Å². The molecule has 0 spiro atoms. The average Bonchev–Trinajstić information content (AvgIpc) is 2.53. The molecular weight excluding hydrogens is 286 g/mol. The number of ether oxygens (including phenoxy) is 1. The molecule has 110 valence electrons.